The van der Waals surface area contributed by atoms with Crippen LogP contribution in [0, 0.1) is 17.7 Å². The van der Waals surface area contributed by atoms with Gasteiger partial charge in [0.05, 0.1) is 30.2 Å². The first-order valence-electron chi connectivity index (χ1n) is 8.40. The van der Waals surface area contributed by atoms with Gasteiger partial charge in [-0.15, -0.1) is 0 Å². The lowest BCUT2D eigenvalue weighted by molar-refractivity contribution is -0.0809. The van der Waals surface area contributed by atoms with E-state index in [-0.39, 0.29) is 24.0 Å². The standard InChI is InChI=1S/C18H20FN3O3/c1-24-9-13-15(11-6-7-25-17(11)13)21-18(23)12-8-20-22-16(12)10-4-2-3-5-14(10)19/h2-5,8,11,13,15,17H,6-7,9H2,1H3,(H,20,22)(H,21,23)/t11-,13+,15-,17-/m0/s1. The van der Waals surface area contributed by atoms with Crippen LogP contribution >= 0.6 is 0 Å². The number of halogens is 1. The van der Waals surface area contributed by atoms with Gasteiger partial charge >= 0.3 is 0 Å². The van der Waals surface area contributed by atoms with Crippen molar-refractivity contribution < 1.29 is 18.7 Å². The summed E-state index contributed by atoms with van der Waals surface area (Å²) >= 11 is 0. The van der Waals surface area contributed by atoms with E-state index in [0.29, 0.717) is 36.0 Å². The molecule has 4 rings (SSSR count). The van der Waals surface area contributed by atoms with E-state index in [1.54, 1.807) is 25.3 Å². The van der Waals surface area contributed by atoms with Crippen LogP contribution in [0.2, 0.25) is 0 Å². The van der Waals surface area contributed by atoms with Gasteiger partial charge < -0.3 is 14.8 Å². The van der Waals surface area contributed by atoms with Crippen LogP contribution < -0.4 is 5.32 Å². The molecule has 1 saturated heterocycles. The Kier molecular flexibility index (Phi) is 4.27. The molecule has 25 heavy (non-hydrogen) atoms. The van der Waals surface area contributed by atoms with Gasteiger partial charge in [-0.2, -0.15) is 5.10 Å². The third kappa shape index (κ3) is 2.73. The highest BCUT2D eigenvalue weighted by molar-refractivity contribution is 6.00. The van der Waals surface area contributed by atoms with E-state index < -0.39 is 5.82 Å². The number of H-pyrrole nitrogens is 1. The molecule has 2 N–H and O–H groups in total. The van der Waals surface area contributed by atoms with E-state index >= 15 is 0 Å². The Hall–Kier alpha value is -2.25. The zero-order valence-corrected chi connectivity index (χ0v) is 13.9. The summed E-state index contributed by atoms with van der Waals surface area (Å²) < 4.78 is 25.1. The van der Waals surface area contributed by atoms with Crippen LogP contribution in [-0.4, -0.2) is 48.6 Å². The predicted molar refractivity (Wildman–Crippen MR) is 88.4 cm³/mol. The molecule has 1 aromatic heterocycles. The largest absolute Gasteiger partial charge is 0.384 e. The molecule has 0 spiro atoms. The smallest absolute Gasteiger partial charge is 0.255 e. The minimum atomic E-state index is -0.397. The topological polar surface area (TPSA) is 76.2 Å². The average Bonchev–Trinajstić information content (AvgIpc) is 3.25. The second kappa shape index (κ2) is 6.57. The predicted octanol–water partition coefficient (Wildman–Crippen LogP) is 2.00. The van der Waals surface area contributed by atoms with Crippen LogP contribution in [0.3, 0.4) is 0 Å². The number of amides is 1. The summed E-state index contributed by atoms with van der Waals surface area (Å²) in [6, 6.07) is 6.32. The SMILES string of the molecule is COC[C@@H]1[C@@H](NC(=O)c2cn[nH]c2-c2ccccc2F)[C@@H]2CCO[C@H]12. The van der Waals surface area contributed by atoms with Crippen molar-refractivity contribution in [3.05, 3.63) is 41.8 Å². The Morgan fingerprint density at radius 2 is 2.32 bits per heavy atom. The Balaban J connectivity index is 1.55. The summed E-state index contributed by atoms with van der Waals surface area (Å²) in [7, 11) is 1.65. The minimum absolute atomic E-state index is 0.00307. The van der Waals surface area contributed by atoms with Crippen LogP contribution in [0.1, 0.15) is 16.8 Å². The fraction of sp³-hybridized carbons (Fsp3) is 0.444. The molecule has 2 fully saturated rings. The fourth-order valence-electron chi connectivity index (χ4n) is 3.99. The van der Waals surface area contributed by atoms with Crippen molar-refractivity contribution in [3.8, 4) is 11.3 Å². The van der Waals surface area contributed by atoms with Crippen LogP contribution in [0.4, 0.5) is 4.39 Å². The molecule has 1 aliphatic heterocycles. The van der Waals surface area contributed by atoms with Gasteiger partial charge in [0.2, 0.25) is 0 Å². The van der Waals surface area contributed by atoms with E-state index in [2.05, 4.69) is 15.5 Å². The third-order valence-electron chi connectivity index (χ3n) is 5.21. The monoisotopic (exact) mass is 345 g/mol. The molecular weight excluding hydrogens is 325 g/mol. The van der Waals surface area contributed by atoms with E-state index in [0.717, 1.165) is 6.42 Å². The van der Waals surface area contributed by atoms with Crippen molar-refractivity contribution in [2.75, 3.05) is 20.3 Å². The maximum atomic E-state index is 14.1. The maximum Gasteiger partial charge on any atom is 0.255 e. The Bertz CT molecular complexity index is 778. The lowest BCUT2D eigenvalue weighted by Gasteiger charge is -2.47. The first-order valence-corrected chi connectivity index (χ1v) is 8.40. The first-order chi connectivity index (χ1) is 12.2. The number of ether oxygens (including phenoxy) is 2. The number of nitrogens with zero attached hydrogens (tertiary/aromatic N) is 1. The lowest BCUT2D eigenvalue weighted by atomic mass is 9.67. The van der Waals surface area contributed by atoms with Crippen molar-refractivity contribution in [2.24, 2.45) is 11.8 Å². The van der Waals surface area contributed by atoms with Gasteiger partial charge in [-0.3, -0.25) is 9.89 Å². The molecule has 1 saturated carbocycles. The highest BCUT2D eigenvalue weighted by atomic mass is 19.1. The number of hydrogen-bond acceptors (Lipinski definition) is 4. The molecule has 2 heterocycles. The molecule has 1 amide bonds. The molecule has 0 unspecified atom stereocenters. The number of nitrogens with one attached hydrogen (secondary N) is 2. The molecule has 7 heteroatoms. The van der Waals surface area contributed by atoms with Crippen molar-refractivity contribution >= 4 is 5.91 Å². The number of aromatic amines is 1. The molecule has 6 nitrogen and oxygen atoms in total. The maximum absolute atomic E-state index is 14.1. The third-order valence-corrected chi connectivity index (χ3v) is 5.21. The number of carbonyl (C=O) groups is 1. The quantitative estimate of drug-likeness (QED) is 0.869. The van der Waals surface area contributed by atoms with Gasteiger partial charge in [0, 0.05) is 37.2 Å². The van der Waals surface area contributed by atoms with E-state index in [1.165, 1.54) is 12.3 Å². The molecule has 0 bridgehead atoms. The highest BCUT2D eigenvalue weighted by Gasteiger charge is 2.54. The normalized spacial score (nSPS) is 27.6. The van der Waals surface area contributed by atoms with Crippen LogP contribution in [0.15, 0.2) is 30.5 Å². The molecule has 0 radical (unpaired) electrons. The van der Waals surface area contributed by atoms with Gasteiger partial charge in [-0.05, 0) is 18.6 Å². The number of methoxy groups -OCH3 is 1. The van der Waals surface area contributed by atoms with Gasteiger partial charge in [0.15, 0.2) is 0 Å². The van der Waals surface area contributed by atoms with Crippen LogP contribution in [0.5, 0.6) is 0 Å². The summed E-state index contributed by atoms with van der Waals surface area (Å²) in [6.07, 6.45) is 2.52. The molecule has 2 aromatic rings. The second-order valence-electron chi connectivity index (χ2n) is 6.54. The van der Waals surface area contributed by atoms with Crippen LogP contribution in [-0.2, 0) is 9.47 Å². The van der Waals surface area contributed by atoms with Gasteiger partial charge in [-0.25, -0.2) is 4.39 Å². The van der Waals surface area contributed by atoms with Crippen LogP contribution in [0.25, 0.3) is 11.3 Å². The second-order valence-corrected chi connectivity index (χ2v) is 6.54. The fourth-order valence-corrected chi connectivity index (χ4v) is 3.99. The summed E-state index contributed by atoms with van der Waals surface area (Å²) in [5.41, 5.74) is 1.05. The Morgan fingerprint density at radius 3 is 3.12 bits per heavy atom. The number of rotatable bonds is 5. The molecule has 1 aromatic carbocycles. The first kappa shape index (κ1) is 16.2. The minimum Gasteiger partial charge on any atom is -0.384 e. The van der Waals surface area contributed by atoms with Gasteiger partial charge in [-0.1, -0.05) is 12.1 Å². The zero-order chi connectivity index (χ0) is 17.4. The van der Waals surface area contributed by atoms with E-state index in [4.69, 9.17) is 9.47 Å². The number of aromatic nitrogens is 2. The highest BCUT2D eigenvalue weighted by Crippen LogP contribution is 2.44. The molecule has 4 atom stereocenters. The lowest BCUT2D eigenvalue weighted by Crippen LogP contribution is -2.62. The van der Waals surface area contributed by atoms with E-state index in [9.17, 15) is 9.18 Å². The summed E-state index contributed by atoms with van der Waals surface area (Å²) in [5.74, 6) is -0.201. The molecular formula is C18H20FN3O3. The summed E-state index contributed by atoms with van der Waals surface area (Å²) in [6.45, 7) is 1.26. The Morgan fingerprint density at radius 1 is 1.48 bits per heavy atom. The van der Waals surface area contributed by atoms with Crippen molar-refractivity contribution in [3.63, 3.8) is 0 Å². The molecule has 132 valence electrons. The summed E-state index contributed by atoms with van der Waals surface area (Å²) in [4.78, 5) is 12.8. The van der Waals surface area contributed by atoms with Gasteiger partial charge in [0.1, 0.15) is 5.82 Å². The van der Waals surface area contributed by atoms with Gasteiger partial charge in [0.25, 0.3) is 5.91 Å². The average molecular weight is 345 g/mol. The number of benzene rings is 1. The zero-order valence-electron chi connectivity index (χ0n) is 13.9. The van der Waals surface area contributed by atoms with E-state index in [1.807, 2.05) is 0 Å². The van der Waals surface area contributed by atoms with Crippen molar-refractivity contribution in [2.45, 2.75) is 18.6 Å². The Labute approximate surface area is 144 Å². The molecule has 2 aliphatic rings. The van der Waals surface area contributed by atoms with Crippen molar-refractivity contribution in [1.82, 2.24) is 15.5 Å². The molecule has 1 aliphatic carbocycles. The number of fused-ring (bicyclic) bond motifs is 1. The summed E-state index contributed by atoms with van der Waals surface area (Å²) in [5, 5.41) is 9.74. The number of carbonyl (C=O) groups excluding carboxylic acids is 1. The van der Waals surface area contributed by atoms with Crippen molar-refractivity contribution in [1.29, 1.82) is 0 Å². The number of hydrogen-bond donors (Lipinski definition) is 2.